The molecule has 206 valence electrons. The van der Waals surface area contributed by atoms with Crippen LogP contribution in [0.2, 0.25) is 5.02 Å². The minimum absolute atomic E-state index is 0.121. The van der Waals surface area contributed by atoms with E-state index >= 15 is 0 Å². The van der Waals surface area contributed by atoms with Gasteiger partial charge in [-0.2, -0.15) is 8.42 Å². The molecule has 4 atom stereocenters. The standard InChI is InChI=1S/C24H34ClN3O8S/c25-18-9-5-4-8-17(18)14-36-24(32)28-19(12-15-6-2-1-3-7-15)22(30)27-20(23(31)37(33,34)35)13-16-10-11-26-21(16)29/h4-5,8-9,15-16,19-20,23,31H,1-3,6-7,10-14H2,(H,26,29)(H,27,30)(H,28,32)(H,33,34,35)/t16?,19?,20-,23?/m0/s1. The SMILES string of the molecule is O=C(NC(CC1CCCCC1)C(=O)N[C@@H](CC1CCNC1=O)C(O)S(=O)(=O)O)OCc1ccccc1Cl. The minimum Gasteiger partial charge on any atom is -0.445 e. The third kappa shape index (κ3) is 8.84. The summed E-state index contributed by atoms with van der Waals surface area (Å²) in [5.74, 6) is -1.57. The summed E-state index contributed by atoms with van der Waals surface area (Å²) in [7, 11) is -4.94. The van der Waals surface area contributed by atoms with E-state index in [1.54, 1.807) is 24.3 Å². The first-order valence-corrected chi connectivity index (χ1v) is 14.3. The molecule has 1 aliphatic carbocycles. The minimum atomic E-state index is -4.94. The van der Waals surface area contributed by atoms with Crippen molar-refractivity contribution in [2.45, 2.75) is 75.5 Å². The lowest BCUT2D eigenvalue weighted by atomic mass is 9.84. The van der Waals surface area contributed by atoms with Crippen molar-refractivity contribution in [3.05, 3.63) is 34.9 Å². The van der Waals surface area contributed by atoms with Crippen LogP contribution in [0.4, 0.5) is 4.79 Å². The van der Waals surface area contributed by atoms with Crippen LogP contribution in [0.15, 0.2) is 24.3 Å². The summed E-state index contributed by atoms with van der Waals surface area (Å²) in [4.78, 5) is 37.9. The summed E-state index contributed by atoms with van der Waals surface area (Å²) in [6, 6.07) is 4.28. The number of ether oxygens (including phenoxy) is 1. The molecule has 1 aliphatic heterocycles. The van der Waals surface area contributed by atoms with E-state index in [2.05, 4.69) is 16.0 Å². The zero-order valence-electron chi connectivity index (χ0n) is 20.4. The molecule has 0 bridgehead atoms. The van der Waals surface area contributed by atoms with Gasteiger partial charge in [0.1, 0.15) is 12.6 Å². The second-order valence-electron chi connectivity index (χ2n) is 9.64. The molecule has 13 heteroatoms. The van der Waals surface area contributed by atoms with E-state index in [9.17, 15) is 32.5 Å². The smallest absolute Gasteiger partial charge is 0.408 e. The van der Waals surface area contributed by atoms with Gasteiger partial charge in [-0.1, -0.05) is 61.9 Å². The first-order valence-electron chi connectivity index (χ1n) is 12.4. The van der Waals surface area contributed by atoms with Crippen molar-refractivity contribution in [2.75, 3.05) is 6.54 Å². The van der Waals surface area contributed by atoms with Crippen LogP contribution in [0.1, 0.15) is 56.9 Å². The van der Waals surface area contributed by atoms with Gasteiger partial charge in [-0.05, 0) is 31.2 Å². The van der Waals surface area contributed by atoms with E-state index in [0.717, 1.165) is 32.1 Å². The number of aliphatic hydroxyl groups excluding tert-OH is 1. The predicted molar refractivity (Wildman–Crippen MR) is 135 cm³/mol. The second-order valence-corrected chi connectivity index (χ2v) is 11.6. The molecule has 1 aromatic carbocycles. The lowest BCUT2D eigenvalue weighted by Gasteiger charge is -2.29. The number of hydrogen-bond donors (Lipinski definition) is 5. The number of aliphatic hydroxyl groups is 1. The molecule has 11 nitrogen and oxygen atoms in total. The predicted octanol–water partition coefficient (Wildman–Crippen LogP) is 2.12. The molecule has 3 amide bonds. The number of amides is 3. The largest absolute Gasteiger partial charge is 0.445 e. The summed E-state index contributed by atoms with van der Waals surface area (Å²) < 4.78 is 38.0. The number of nitrogens with one attached hydrogen (secondary N) is 3. The lowest BCUT2D eigenvalue weighted by Crippen LogP contribution is -2.55. The Kier molecular flexibility index (Phi) is 10.6. The maximum absolute atomic E-state index is 13.3. The van der Waals surface area contributed by atoms with Crippen LogP contribution in [0.3, 0.4) is 0 Å². The van der Waals surface area contributed by atoms with Gasteiger partial charge in [0.25, 0.3) is 10.1 Å². The third-order valence-corrected chi connectivity index (χ3v) is 8.20. The van der Waals surface area contributed by atoms with Crippen molar-refractivity contribution >= 4 is 39.6 Å². The van der Waals surface area contributed by atoms with E-state index in [1.807, 2.05) is 0 Å². The molecule has 5 N–H and O–H groups in total. The number of alkyl carbamates (subject to hydrolysis) is 1. The fourth-order valence-corrected chi connectivity index (χ4v) is 5.63. The number of carbonyl (C=O) groups is 3. The molecule has 2 aliphatic rings. The molecule has 0 spiro atoms. The molecule has 1 heterocycles. The topological polar surface area (TPSA) is 171 Å². The maximum atomic E-state index is 13.3. The molecule has 0 aromatic heterocycles. The monoisotopic (exact) mass is 559 g/mol. The summed E-state index contributed by atoms with van der Waals surface area (Å²) in [6.07, 6.45) is 4.44. The Bertz CT molecular complexity index is 1060. The van der Waals surface area contributed by atoms with Crippen LogP contribution in [0, 0.1) is 11.8 Å². The maximum Gasteiger partial charge on any atom is 0.408 e. The summed E-state index contributed by atoms with van der Waals surface area (Å²) in [6.45, 7) is 0.263. The molecule has 3 rings (SSSR count). The van der Waals surface area contributed by atoms with Crippen molar-refractivity contribution < 1.29 is 37.2 Å². The summed E-state index contributed by atoms with van der Waals surface area (Å²) in [5, 5.41) is 18.3. The summed E-state index contributed by atoms with van der Waals surface area (Å²) in [5.41, 5.74) is -1.76. The zero-order valence-corrected chi connectivity index (χ0v) is 22.0. The van der Waals surface area contributed by atoms with Gasteiger partial charge in [0.2, 0.25) is 17.3 Å². The third-order valence-electron chi connectivity index (χ3n) is 6.90. The highest BCUT2D eigenvalue weighted by atomic mass is 35.5. The molecule has 1 saturated heterocycles. The van der Waals surface area contributed by atoms with Crippen molar-refractivity contribution in [1.29, 1.82) is 0 Å². The van der Waals surface area contributed by atoms with E-state index in [0.29, 0.717) is 23.6 Å². The van der Waals surface area contributed by atoms with Crippen molar-refractivity contribution in [3.8, 4) is 0 Å². The second kappa shape index (κ2) is 13.4. The van der Waals surface area contributed by atoms with Crippen LogP contribution >= 0.6 is 11.6 Å². The molecule has 3 unspecified atom stereocenters. The van der Waals surface area contributed by atoms with Crippen LogP contribution in [-0.4, -0.2) is 60.0 Å². The van der Waals surface area contributed by atoms with Gasteiger partial charge < -0.3 is 25.8 Å². The first-order chi connectivity index (χ1) is 17.5. The zero-order chi connectivity index (χ0) is 27.0. The van der Waals surface area contributed by atoms with Gasteiger partial charge in [-0.15, -0.1) is 0 Å². The molecule has 1 saturated carbocycles. The van der Waals surface area contributed by atoms with Gasteiger partial charge in [0.15, 0.2) is 0 Å². The highest BCUT2D eigenvalue weighted by Crippen LogP contribution is 2.28. The lowest BCUT2D eigenvalue weighted by molar-refractivity contribution is -0.126. The van der Waals surface area contributed by atoms with E-state index < -0.39 is 45.6 Å². The fraction of sp³-hybridized carbons (Fsp3) is 0.625. The van der Waals surface area contributed by atoms with Crippen LogP contribution in [-0.2, 0) is 31.1 Å². The van der Waals surface area contributed by atoms with Gasteiger partial charge in [0, 0.05) is 23.0 Å². The van der Waals surface area contributed by atoms with E-state index in [4.69, 9.17) is 16.3 Å². The van der Waals surface area contributed by atoms with Crippen molar-refractivity contribution in [1.82, 2.24) is 16.0 Å². The van der Waals surface area contributed by atoms with Crippen molar-refractivity contribution in [2.24, 2.45) is 11.8 Å². The van der Waals surface area contributed by atoms with Crippen LogP contribution < -0.4 is 16.0 Å². The van der Waals surface area contributed by atoms with Gasteiger partial charge in [0.05, 0.1) is 6.04 Å². The van der Waals surface area contributed by atoms with Crippen LogP contribution in [0.5, 0.6) is 0 Å². The summed E-state index contributed by atoms with van der Waals surface area (Å²) >= 11 is 6.10. The highest BCUT2D eigenvalue weighted by Gasteiger charge is 2.38. The normalized spacial score (nSPS) is 20.9. The number of rotatable bonds is 11. The number of hydrogen-bond acceptors (Lipinski definition) is 7. The molecule has 37 heavy (non-hydrogen) atoms. The Morgan fingerprint density at radius 3 is 2.43 bits per heavy atom. The number of benzene rings is 1. The molecular formula is C24H34ClN3O8S. The Morgan fingerprint density at radius 2 is 1.81 bits per heavy atom. The van der Waals surface area contributed by atoms with Crippen LogP contribution in [0.25, 0.3) is 0 Å². The van der Waals surface area contributed by atoms with Gasteiger partial charge in [-0.25, -0.2) is 4.79 Å². The molecular weight excluding hydrogens is 526 g/mol. The number of halogens is 1. The van der Waals surface area contributed by atoms with E-state index in [1.165, 1.54) is 0 Å². The average Bonchev–Trinajstić information content (AvgIpc) is 3.26. The highest BCUT2D eigenvalue weighted by molar-refractivity contribution is 7.86. The Labute approximate surface area is 221 Å². The first kappa shape index (κ1) is 29.2. The average molecular weight is 560 g/mol. The fourth-order valence-electron chi connectivity index (χ4n) is 4.84. The molecule has 2 fully saturated rings. The van der Waals surface area contributed by atoms with Crippen molar-refractivity contribution in [3.63, 3.8) is 0 Å². The molecule has 0 radical (unpaired) electrons. The Hall–Kier alpha value is -2.41. The number of carbonyl (C=O) groups excluding carboxylic acids is 3. The quantitative estimate of drug-likeness (QED) is 0.256. The van der Waals surface area contributed by atoms with Gasteiger partial charge >= 0.3 is 6.09 Å². The Morgan fingerprint density at radius 1 is 1.11 bits per heavy atom. The Balaban J connectivity index is 1.71. The van der Waals surface area contributed by atoms with E-state index in [-0.39, 0.29) is 31.3 Å². The van der Waals surface area contributed by atoms with Gasteiger partial charge in [-0.3, -0.25) is 14.1 Å². The molecule has 1 aromatic rings.